The van der Waals surface area contributed by atoms with Gasteiger partial charge in [-0.2, -0.15) is 0 Å². The lowest BCUT2D eigenvalue weighted by molar-refractivity contribution is -0.136. The number of carboxylic acid groups (broad SMARTS) is 1. The van der Waals surface area contributed by atoms with E-state index in [2.05, 4.69) is 10.2 Å². The Labute approximate surface area is 234 Å². The topological polar surface area (TPSA) is 117 Å². The number of aliphatic carboxylic acids is 1. The molecule has 10 nitrogen and oxygen atoms in total. The fraction of sp³-hybridized carbons (Fsp3) is 0.333. The molecule has 40 heavy (non-hydrogen) atoms. The van der Waals surface area contributed by atoms with E-state index in [9.17, 15) is 14.7 Å². The highest BCUT2D eigenvalue weighted by Gasteiger charge is 2.23. The van der Waals surface area contributed by atoms with Crippen molar-refractivity contribution in [3.05, 3.63) is 77.1 Å². The van der Waals surface area contributed by atoms with Crippen LogP contribution in [-0.4, -0.2) is 74.5 Å². The fourth-order valence-corrected chi connectivity index (χ4v) is 4.52. The summed E-state index contributed by atoms with van der Waals surface area (Å²) in [5.41, 5.74) is 3.04. The molecule has 0 spiro atoms. The molecule has 1 aliphatic heterocycles. The summed E-state index contributed by atoms with van der Waals surface area (Å²) >= 11 is 0. The Hall–Kier alpha value is -4.44. The summed E-state index contributed by atoms with van der Waals surface area (Å²) in [7, 11) is 5.30. The van der Waals surface area contributed by atoms with Gasteiger partial charge in [-0.05, 0) is 36.3 Å². The lowest BCUT2D eigenvalue weighted by atomic mass is 10.1. The highest BCUT2D eigenvalue weighted by molar-refractivity contribution is 6.02. The summed E-state index contributed by atoms with van der Waals surface area (Å²) in [6, 6.07) is 15.0. The number of amides is 1. The number of hydrogen-bond acceptors (Lipinski definition) is 8. The number of carboxylic acids is 1. The molecule has 1 aromatic heterocycles. The molecule has 2 heterocycles. The van der Waals surface area contributed by atoms with Crippen LogP contribution in [0.3, 0.4) is 0 Å². The fourth-order valence-electron chi connectivity index (χ4n) is 4.52. The van der Waals surface area contributed by atoms with E-state index in [0.29, 0.717) is 60.6 Å². The minimum absolute atomic E-state index is 0.166. The second kappa shape index (κ2) is 13.6. The highest BCUT2D eigenvalue weighted by atomic mass is 16.5. The van der Waals surface area contributed by atoms with Crippen molar-refractivity contribution in [3.8, 4) is 5.75 Å². The summed E-state index contributed by atoms with van der Waals surface area (Å²) in [5, 5.41) is 12.5. The molecule has 0 bridgehead atoms. The van der Waals surface area contributed by atoms with Gasteiger partial charge < -0.3 is 29.7 Å². The highest BCUT2D eigenvalue weighted by Crippen LogP contribution is 2.29. The van der Waals surface area contributed by atoms with Crippen LogP contribution in [0, 0.1) is 0 Å². The number of carbonyl (C=O) groups is 2. The zero-order valence-corrected chi connectivity index (χ0v) is 23.1. The molecule has 0 unspecified atom stereocenters. The van der Waals surface area contributed by atoms with Gasteiger partial charge in [0.05, 0.1) is 20.1 Å². The van der Waals surface area contributed by atoms with Gasteiger partial charge in [0.15, 0.2) is 0 Å². The number of ether oxygens (including phenoxy) is 2. The van der Waals surface area contributed by atoms with Crippen molar-refractivity contribution >= 4 is 35.3 Å². The molecule has 0 atom stereocenters. The SMILES string of the molecule is COc1ccccc1/C=C/C(=O)Nc1ccc(Cc2nc(N(C)C)c(CC(=O)O)c(N3CCCOCC3)n2)cc1. The first kappa shape index (κ1) is 28.6. The van der Waals surface area contributed by atoms with Crippen LogP contribution in [0.5, 0.6) is 5.75 Å². The third-order valence-electron chi connectivity index (χ3n) is 6.42. The van der Waals surface area contributed by atoms with Gasteiger partial charge in [0.1, 0.15) is 23.2 Å². The number of methoxy groups -OCH3 is 1. The van der Waals surface area contributed by atoms with Crippen molar-refractivity contribution in [2.24, 2.45) is 0 Å². The third kappa shape index (κ3) is 7.57. The number of hydrogen-bond donors (Lipinski definition) is 2. The van der Waals surface area contributed by atoms with E-state index in [1.54, 1.807) is 13.2 Å². The van der Waals surface area contributed by atoms with Gasteiger partial charge in [-0.15, -0.1) is 0 Å². The Balaban J connectivity index is 1.51. The van der Waals surface area contributed by atoms with Crippen molar-refractivity contribution in [1.82, 2.24) is 9.97 Å². The van der Waals surface area contributed by atoms with Gasteiger partial charge in [0.2, 0.25) is 5.91 Å². The molecular weight excluding hydrogens is 510 g/mol. The lowest BCUT2D eigenvalue weighted by Gasteiger charge is -2.27. The largest absolute Gasteiger partial charge is 0.496 e. The molecule has 1 saturated heterocycles. The average molecular weight is 546 g/mol. The van der Waals surface area contributed by atoms with Crippen molar-refractivity contribution in [3.63, 3.8) is 0 Å². The van der Waals surface area contributed by atoms with Crippen molar-refractivity contribution < 1.29 is 24.2 Å². The number of benzene rings is 2. The van der Waals surface area contributed by atoms with Crippen molar-refractivity contribution in [1.29, 1.82) is 0 Å². The standard InChI is InChI=1S/C30H35N5O5/c1-34(2)29-24(20-28(37)38)30(35-15-6-17-40-18-16-35)33-26(32-29)19-21-9-12-23(13-10-21)31-27(36)14-11-22-7-4-5-8-25(22)39-3/h4-5,7-14H,6,15-20H2,1-3H3,(H,31,36)(H,37,38)/b14-11+. The summed E-state index contributed by atoms with van der Waals surface area (Å²) in [6.07, 6.45) is 4.30. The van der Waals surface area contributed by atoms with E-state index in [4.69, 9.17) is 19.4 Å². The molecule has 0 saturated carbocycles. The number of para-hydroxylation sites is 1. The number of nitrogens with zero attached hydrogens (tertiary/aromatic N) is 4. The molecule has 2 N–H and O–H groups in total. The second-order valence-electron chi connectivity index (χ2n) is 9.62. The van der Waals surface area contributed by atoms with Crippen LogP contribution in [0.1, 0.15) is 28.9 Å². The molecule has 10 heteroatoms. The smallest absolute Gasteiger partial charge is 0.308 e. The normalized spacial score (nSPS) is 13.6. The molecule has 1 amide bonds. The van der Waals surface area contributed by atoms with Crippen LogP contribution in [-0.2, 0) is 27.2 Å². The Morgan fingerprint density at radius 1 is 1.10 bits per heavy atom. The van der Waals surface area contributed by atoms with Crippen LogP contribution in [0.15, 0.2) is 54.6 Å². The Morgan fingerprint density at radius 3 is 2.60 bits per heavy atom. The first-order valence-electron chi connectivity index (χ1n) is 13.2. The zero-order chi connectivity index (χ0) is 28.5. The quantitative estimate of drug-likeness (QED) is 0.368. The molecular formula is C30H35N5O5. The number of aromatic nitrogens is 2. The van der Waals surface area contributed by atoms with Crippen molar-refractivity contribution in [2.75, 3.05) is 62.6 Å². The number of nitrogens with one attached hydrogen (secondary N) is 1. The maximum Gasteiger partial charge on any atom is 0.308 e. The van der Waals surface area contributed by atoms with Crippen LogP contribution in [0.4, 0.5) is 17.3 Å². The van der Waals surface area contributed by atoms with Gasteiger partial charge >= 0.3 is 5.97 Å². The van der Waals surface area contributed by atoms with Crippen LogP contribution in [0.25, 0.3) is 6.08 Å². The monoisotopic (exact) mass is 545 g/mol. The van der Waals surface area contributed by atoms with E-state index < -0.39 is 5.97 Å². The maximum absolute atomic E-state index is 12.5. The lowest BCUT2D eigenvalue weighted by Crippen LogP contribution is -2.30. The third-order valence-corrected chi connectivity index (χ3v) is 6.42. The zero-order valence-electron chi connectivity index (χ0n) is 23.1. The number of rotatable bonds is 10. The predicted molar refractivity (Wildman–Crippen MR) is 155 cm³/mol. The average Bonchev–Trinajstić information content (AvgIpc) is 3.23. The molecule has 4 rings (SSSR count). The first-order valence-corrected chi connectivity index (χ1v) is 13.2. The summed E-state index contributed by atoms with van der Waals surface area (Å²) < 4.78 is 10.9. The van der Waals surface area contributed by atoms with Crippen LogP contribution in [0.2, 0.25) is 0 Å². The van der Waals surface area contributed by atoms with E-state index in [0.717, 1.165) is 24.1 Å². The Kier molecular flexibility index (Phi) is 9.69. The van der Waals surface area contributed by atoms with Crippen molar-refractivity contribution in [2.45, 2.75) is 19.3 Å². The van der Waals surface area contributed by atoms with E-state index in [-0.39, 0.29) is 12.3 Å². The van der Waals surface area contributed by atoms with Gasteiger partial charge in [-0.25, -0.2) is 9.97 Å². The molecule has 0 radical (unpaired) electrons. The van der Waals surface area contributed by atoms with Gasteiger partial charge in [0, 0.05) is 63.1 Å². The number of carbonyl (C=O) groups excluding carboxylic acids is 1. The van der Waals surface area contributed by atoms with Gasteiger partial charge in [-0.3, -0.25) is 9.59 Å². The van der Waals surface area contributed by atoms with Crippen LogP contribution >= 0.6 is 0 Å². The summed E-state index contributed by atoms with van der Waals surface area (Å²) in [4.78, 5) is 37.7. The molecule has 2 aromatic carbocycles. The minimum Gasteiger partial charge on any atom is -0.496 e. The van der Waals surface area contributed by atoms with Gasteiger partial charge in [0.25, 0.3) is 0 Å². The Bertz CT molecular complexity index is 1350. The second-order valence-corrected chi connectivity index (χ2v) is 9.62. The number of anilines is 3. The molecule has 1 aliphatic rings. The molecule has 3 aromatic rings. The summed E-state index contributed by atoms with van der Waals surface area (Å²) in [5.74, 6) is 1.35. The minimum atomic E-state index is -0.929. The van der Waals surface area contributed by atoms with E-state index >= 15 is 0 Å². The van der Waals surface area contributed by atoms with E-state index in [1.807, 2.05) is 67.5 Å². The Morgan fingerprint density at radius 2 is 1.88 bits per heavy atom. The molecule has 210 valence electrons. The van der Waals surface area contributed by atoms with Gasteiger partial charge in [-0.1, -0.05) is 30.3 Å². The van der Waals surface area contributed by atoms with Crippen LogP contribution < -0.4 is 19.9 Å². The predicted octanol–water partition coefficient (Wildman–Crippen LogP) is 3.65. The first-order chi connectivity index (χ1) is 19.3. The summed E-state index contributed by atoms with van der Waals surface area (Å²) in [6.45, 7) is 2.60. The maximum atomic E-state index is 12.5. The van der Waals surface area contributed by atoms with E-state index in [1.165, 1.54) is 6.08 Å². The molecule has 1 fully saturated rings. The molecule has 0 aliphatic carbocycles.